The minimum Gasteiger partial charge on any atom is -0.330 e. The number of nitrogens with two attached hydrogens (primary N) is 1. The molecule has 0 saturated carbocycles. The fraction of sp³-hybridized carbons (Fsp3) is 0.545. The summed E-state index contributed by atoms with van der Waals surface area (Å²) in [4.78, 5) is 13.1. The first-order valence-corrected chi connectivity index (χ1v) is 5.73. The predicted octanol–water partition coefficient (Wildman–Crippen LogP) is 2.47. The van der Waals surface area contributed by atoms with Crippen molar-refractivity contribution in [3.05, 3.63) is 21.9 Å². The number of hydrogen-bond donors (Lipinski definition) is 1. The van der Waals surface area contributed by atoms with Gasteiger partial charge in [-0.1, -0.05) is 13.8 Å². The van der Waals surface area contributed by atoms with Gasteiger partial charge in [-0.15, -0.1) is 11.3 Å². The number of carbonyl (C=O) groups is 1. The van der Waals surface area contributed by atoms with Gasteiger partial charge >= 0.3 is 0 Å². The molecule has 1 aromatic heterocycles. The molecule has 2 nitrogen and oxygen atoms in total. The van der Waals surface area contributed by atoms with Gasteiger partial charge in [-0.25, -0.2) is 0 Å². The van der Waals surface area contributed by atoms with E-state index in [1.165, 1.54) is 4.88 Å². The summed E-state index contributed by atoms with van der Waals surface area (Å²) in [5.41, 5.74) is 6.42. The second-order valence-corrected chi connectivity index (χ2v) is 5.01. The quantitative estimate of drug-likeness (QED) is 0.777. The van der Waals surface area contributed by atoms with E-state index >= 15 is 0 Å². The SMILES string of the molecule is Cc1cc(C(=O)C(CN)C(C)C)cs1. The van der Waals surface area contributed by atoms with E-state index in [-0.39, 0.29) is 11.7 Å². The normalized spacial score (nSPS) is 13.2. The average molecular weight is 211 g/mol. The van der Waals surface area contributed by atoms with E-state index in [9.17, 15) is 4.79 Å². The first kappa shape index (κ1) is 11.4. The van der Waals surface area contributed by atoms with Gasteiger partial charge in [0.2, 0.25) is 0 Å². The number of thiophene rings is 1. The summed E-state index contributed by atoms with van der Waals surface area (Å²) >= 11 is 1.61. The first-order chi connectivity index (χ1) is 6.56. The molecule has 1 rings (SSSR count). The summed E-state index contributed by atoms with van der Waals surface area (Å²) in [5, 5.41) is 1.92. The Morgan fingerprint density at radius 1 is 1.57 bits per heavy atom. The lowest BCUT2D eigenvalue weighted by Crippen LogP contribution is -2.28. The van der Waals surface area contributed by atoms with E-state index in [0.29, 0.717) is 12.5 Å². The molecule has 0 spiro atoms. The third kappa shape index (κ3) is 2.42. The third-order valence-electron chi connectivity index (χ3n) is 2.41. The van der Waals surface area contributed by atoms with Crippen LogP contribution in [0.5, 0.6) is 0 Å². The van der Waals surface area contributed by atoms with Gasteiger partial charge in [-0.05, 0) is 18.9 Å². The molecule has 78 valence electrons. The maximum Gasteiger partial charge on any atom is 0.168 e. The van der Waals surface area contributed by atoms with Crippen molar-refractivity contribution in [2.24, 2.45) is 17.6 Å². The monoisotopic (exact) mass is 211 g/mol. The lowest BCUT2D eigenvalue weighted by atomic mass is 9.89. The Bertz CT molecular complexity index is 317. The number of rotatable bonds is 4. The number of aryl methyl sites for hydroxylation is 1. The van der Waals surface area contributed by atoms with Gasteiger partial charge in [0.05, 0.1) is 0 Å². The molecule has 1 heterocycles. The van der Waals surface area contributed by atoms with E-state index in [0.717, 1.165) is 5.56 Å². The van der Waals surface area contributed by atoms with E-state index in [1.807, 2.05) is 32.2 Å². The van der Waals surface area contributed by atoms with Crippen LogP contribution in [0.1, 0.15) is 29.1 Å². The zero-order valence-electron chi connectivity index (χ0n) is 8.91. The molecule has 0 saturated heterocycles. The average Bonchev–Trinajstić information content (AvgIpc) is 2.52. The molecular formula is C11H17NOS. The Hall–Kier alpha value is -0.670. The van der Waals surface area contributed by atoms with Crippen LogP contribution in [0.3, 0.4) is 0 Å². The van der Waals surface area contributed by atoms with Gasteiger partial charge < -0.3 is 5.73 Å². The van der Waals surface area contributed by atoms with Crippen molar-refractivity contribution in [2.75, 3.05) is 6.54 Å². The number of hydrogen-bond acceptors (Lipinski definition) is 3. The van der Waals surface area contributed by atoms with Crippen LogP contribution in [0.15, 0.2) is 11.4 Å². The minimum absolute atomic E-state index is 0.0380. The van der Waals surface area contributed by atoms with E-state index in [2.05, 4.69) is 0 Å². The van der Waals surface area contributed by atoms with Crippen molar-refractivity contribution in [1.29, 1.82) is 0 Å². The fourth-order valence-corrected chi connectivity index (χ4v) is 2.16. The maximum atomic E-state index is 12.0. The highest BCUT2D eigenvalue weighted by Gasteiger charge is 2.22. The predicted molar refractivity (Wildman–Crippen MR) is 60.8 cm³/mol. The summed E-state index contributed by atoms with van der Waals surface area (Å²) in [5.74, 6) is 0.462. The molecule has 0 aromatic carbocycles. The van der Waals surface area contributed by atoms with Crippen LogP contribution in [-0.2, 0) is 0 Å². The zero-order chi connectivity index (χ0) is 10.7. The van der Waals surface area contributed by atoms with E-state index in [4.69, 9.17) is 5.73 Å². The highest BCUT2D eigenvalue weighted by Crippen LogP contribution is 2.20. The van der Waals surface area contributed by atoms with Gasteiger partial charge in [-0.3, -0.25) is 4.79 Å². The lowest BCUT2D eigenvalue weighted by Gasteiger charge is -2.16. The highest BCUT2D eigenvalue weighted by atomic mass is 32.1. The number of carbonyl (C=O) groups excluding carboxylic acids is 1. The molecule has 0 amide bonds. The molecule has 0 bridgehead atoms. The molecule has 1 aromatic rings. The molecule has 1 unspecified atom stereocenters. The lowest BCUT2D eigenvalue weighted by molar-refractivity contribution is 0.0892. The first-order valence-electron chi connectivity index (χ1n) is 4.85. The Kier molecular flexibility index (Phi) is 3.84. The van der Waals surface area contributed by atoms with Crippen molar-refractivity contribution in [1.82, 2.24) is 0 Å². The van der Waals surface area contributed by atoms with Crippen LogP contribution >= 0.6 is 11.3 Å². The Balaban J connectivity index is 2.83. The van der Waals surface area contributed by atoms with E-state index in [1.54, 1.807) is 11.3 Å². The number of ketones is 1. The molecule has 14 heavy (non-hydrogen) atoms. The summed E-state index contributed by atoms with van der Waals surface area (Å²) in [7, 11) is 0. The Morgan fingerprint density at radius 2 is 2.21 bits per heavy atom. The Labute approximate surface area is 89.1 Å². The van der Waals surface area contributed by atoms with Gasteiger partial charge in [0.15, 0.2) is 5.78 Å². The minimum atomic E-state index is -0.0380. The highest BCUT2D eigenvalue weighted by molar-refractivity contribution is 7.10. The van der Waals surface area contributed by atoms with Gasteiger partial charge in [-0.2, -0.15) is 0 Å². The largest absolute Gasteiger partial charge is 0.330 e. The summed E-state index contributed by atoms with van der Waals surface area (Å²) in [6.45, 7) is 6.52. The molecule has 0 radical (unpaired) electrons. The molecule has 2 N–H and O–H groups in total. The Morgan fingerprint density at radius 3 is 2.57 bits per heavy atom. The fourth-order valence-electron chi connectivity index (χ4n) is 1.47. The van der Waals surface area contributed by atoms with Crippen molar-refractivity contribution in [3.63, 3.8) is 0 Å². The van der Waals surface area contributed by atoms with Crippen LogP contribution in [0.2, 0.25) is 0 Å². The smallest absolute Gasteiger partial charge is 0.168 e. The molecule has 0 aliphatic heterocycles. The van der Waals surface area contributed by atoms with E-state index < -0.39 is 0 Å². The van der Waals surface area contributed by atoms with Crippen LogP contribution in [-0.4, -0.2) is 12.3 Å². The standard InChI is InChI=1S/C11H17NOS/c1-7(2)10(5-12)11(13)9-4-8(3)14-6-9/h4,6-7,10H,5,12H2,1-3H3. The van der Waals surface area contributed by atoms with Crippen LogP contribution in [0.25, 0.3) is 0 Å². The second kappa shape index (κ2) is 4.71. The third-order valence-corrected chi connectivity index (χ3v) is 3.27. The van der Waals surface area contributed by atoms with Crippen LogP contribution in [0.4, 0.5) is 0 Å². The molecule has 3 heteroatoms. The summed E-state index contributed by atoms with van der Waals surface area (Å²) in [6.07, 6.45) is 0. The molecule has 1 atom stereocenters. The summed E-state index contributed by atoms with van der Waals surface area (Å²) in [6, 6.07) is 1.94. The summed E-state index contributed by atoms with van der Waals surface area (Å²) < 4.78 is 0. The molecule has 0 fully saturated rings. The second-order valence-electron chi connectivity index (χ2n) is 3.90. The van der Waals surface area contributed by atoms with Gasteiger partial charge in [0.1, 0.15) is 0 Å². The number of Topliss-reactive ketones (excluding diaryl/α,β-unsaturated/α-hetero) is 1. The van der Waals surface area contributed by atoms with Crippen molar-refractivity contribution >= 4 is 17.1 Å². The van der Waals surface area contributed by atoms with Gasteiger partial charge in [0, 0.05) is 28.3 Å². The molecular weight excluding hydrogens is 194 g/mol. The maximum absolute atomic E-state index is 12.0. The van der Waals surface area contributed by atoms with Crippen molar-refractivity contribution < 1.29 is 4.79 Å². The molecule has 0 aliphatic carbocycles. The van der Waals surface area contributed by atoms with Gasteiger partial charge in [0.25, 0.3) is 0 Å². The van der Waals surface area contributed by atoms with Crippen LogP contribution < -0.4 is 5.73 Å². The van der Waals surface area contributed by atoms with Crippen molar-refractivity contribution in [3.8, 4) is 0 Å². The molecule has 0 aliphatic rings. The topological polar surface area (TPSA) is 43.1 Å². The van der Waals surface area contributed by atoms with Crippen molar-refractivity contribution in [2.45, 2.75) is 20.8 Å². The van der Waals surface area contributed by atoms with Crippen LogP contribution in [0, 0.1) is 18.8 Å². The zero-order valence-corrected chi connectivity index (χ0v) is 9.73.